The number of benzene rings is 1. The van der Waals surface area contributed by atoms with Gasteiger partial charge in [0, 0.05) is 13.1 Å². The van der Waals surface area contributed by atoms with Crippen LogP contribution in [-0.2, 0) is 17.8 Å². The van der Waals surface area contributed by atoms with E-state index in [1.54, 1.807) is 11.3 Å². The number of rotatable bonds is 9. The summed E-state index contributed by atoms with van der Waals surface area (Å²) in [6.45, 7) is 5.20. The summed E-state index contributed by atoms with van der Waals surface area (Å²) in [5.74, 6) is 1.89. The fourth-order valence-electron chi connectivity index (χ4n) is 4.13. The SMILES string of the molecule is CCC(CNC(=O)C1CCCN(Cc2nc(-c3cccs3)no2)C1)Cc1ccccc1. The van der Waals surface area contributed by atoms with Gasteiger partial charge in [-0.05, 0) is 48.7 Å². The van der Waals surface area contributed by atoms with E-state index < -0.39 is 0 Å². The van der Waals surface area contributed by atoms with Gasteiger partial charge >= 0.3 is 0 Å². The third-order valence-corrected chi connectivity index (χ3v) is 6.82. The van der Waals surface area contributed by atoms with E-state index >= 15 is 0 Å². The zero-order chi connectivity index (χ0) is 21.5. The molecule has 31 heavy (non-hydrogen) atoms. The van der Waals surface area contributed by atoms with E-state index in [0.717, 1.165) is 50.2 Å². The molecule has 2 unspecified atom stereocenters. The second kappa shape index (κ2) is 10.7. The van der Waals surface area contributed by atoms with Gasteiger partial charge in [0.25, 0.3) is 0 Å². The van der Waals surface area contributed by atoms with Gasteiger partial charge in [0.1, 0.15) is 0 Å². The number of carbonyl (C=O) groups is 1. The van der Waals surface area contributed by atoms with E-state index in [4.69, 9.17) is 4.52 Å². The van der Waals surface area contributed by atoms with Crippen LogP contribution in [-0.4, -0.2) is 40.6 Å². The van der Waals surface area contributed by atoms with Gasteiger partial charge in [-0.2, -0.15) is 4.98 Å². The van der Waals surface area contributed by atoms with Crippen LogP contribution < -0.4 is 5.32 Å². The van der Waals surface area contributed by atoms with Crippen molar-refractivity contribution in [3.05, 3.63) is 59.3 Å². The normalized spacial score (nSPS) is 18.0. The third-order valence-electron chi connectivity index (χ3n) is 5.95. The molecule has 1 saturated heterocycles. The summed E-state index contributed by atoms with van der Waals surface area (Å²) >= 11 is 1.60. The summed E-state index contributed by atoms with van der Waals surface area (Å²) < 4.78 is 5.44. The lowest BCUT2D eigenvalue weighted by atomic mass is 9.95. The van der Waals surface area contributed by atoms with E-state index in [1.165, 1.54) is 5.56 Å². The van der Waals surface area contributed by atoms with Gasteiger partial charge in [0.15, 0.2) is 0 Å². The molecular weight excluding hydrogens is 408 g/mol. The van der Waals surface area contributed by atoms with E-state index in [2.05, 4.69) is 51.5 Å². The van der Waals surface area contributed by atoms with Crippen LogP contribution in [0.1, 0.15) is 37.6 Å². The third kappa shape index (κ3) is 6.02. The first kappa shape index (κ1) is 21.7. The minimum Gasteiger partial charge on any atom is -0.356 e. The van der Waals surface area contributed by atoms with Crippen molar-refractivity contribution in [2.24, 2.45) is 11.8 Å². The standard InChI is InChI=1S/C24H30N4O2S/c1-2-18(14-19-8-4-3-5-9-19)15-25-24(29)20-10-6-12-28(16-20)17-22-26-23(27-30-22)21-11-7-13-31-21/h3-5,7-9,11,13,18,20H,2,6,10,12,14-17H2,1H3,(H,25,29). The summed E-state index contributed by atoms with van der Waals surface area (Å²) in [5.41, 5.74) is 1.33. The van der Waals surface area contributed by atoms with Crippen LogP contribution in [0, 0.1) is 11.8 Å². The number of aromatic nitrogens is 2. The first-order chi connectivity index (χ1) is 15.2. The highest BCUT2D eigenvalue weighted by atomic mass is 32.1. The maximum atomic E-state index is 12.8. The highest BCUT2D eigenvalue weighted by Crippen LogP contribution is 2.23. The first-order valence-electron chi connectivity index (χ1n) is 11.1. The first-order valence-corrected chi connectivity index (χ1v) is 12.0. The number of hydrogen-bond acceptors (Lipinski definition) is 6. The Morgan fingerprint density at radius 2 is 2.16 bits per heavy atom. The lowest BCUT2D eigenvalue weighted by Crippen LogP contribution is -2.43. The lowest BCUT2D eigenvalue weighted by Gasteiger charge is -2.31. The molecular formula is C24H30N4O2S. The Kier molecular flexibility index (Phi) is 7.48. The Bertz CT molecular complexity index is 942. The summed E-state index contributed by atoms with van der Waals surface area (Å²) in [4.78, 5) is 20.6. The van der Waals surface area contributed by atoms with E-state index in [9.17, 15) is 4.79 Å². The predicted octanol–water partition coefficient (Wildman–Crippen LogP) is 4.40. The smallest absolute Gasteiger partial charge is 0.241 e. The molecule has 4 rings (SSSR count). The van der Waals surface area contributed by atoms with Crippen molar-refractivity contribution >= 4 is 17.2 Å². The van der Waals surface area contributed by atoms with Gasteiger partial charge in [0.2, 0.25) is 17.6 Å². The maximum Gasteiger partial charge on any atom is 0.241 e. The molecule has 3 heterocycles. The topological polar surface area (TPSA) is 71.3 Å². The number of piperidine rings is 1. The number of nitrogens with zero attached hydrogens (tertiary/aromatic N) is 3. The van der Waals surface area contributed by atoms with Crippen molar-refractivity contribution in [3.8, 4) is 10.7 Å². The fourth-order valence-corrected chi connectivity index (χ4v) is 4.78. The Hall–Kier alpha value is -2.51. The average Bonchev–Trinajstić information content (AvgIpc) is 3.49. The monoisotopic (exact) mass is 438 g/mol. The highest BCUT2D eigenvalue weighted by molar-refractivity contribution is 7.13. The molecule has 3 aromatic rings. The number of thiophene rings is 1. The quantitative estimate of drug-likeness (QED) is 0.536. The zero-order valence-electron chi connectivity index (χ0n) is 18.0. The van der Waals surface area contributed by atoms with Crippen molar-refractivity contribution in [2.45, 2.75) is 39.2 Å². The van der Waals surface area contributed by atoms with Crippen molar-refractivity contribution in [3.63, 3.8) is 0 Å². The zero-order valence-corrected chi connectivity index (χ0v) is 18.8. The Morgan fingerprint density at radius 3 is 2.94 bits per heavy atom. The number of carbonyl (C=O) groups excluding carboxylic acids is 1. The van der Waals surface area contributed by atoms with Gasteiger partial charge < -0.3 is 9.84 Å². The molecule has 0 bridgehead atoms. The largest absolute Gasteiger partial charge is 0.356 e. The lowest BCUT2D eigenvalue weighted by molar-refractivity contribution is -0.127. The molecule has 0 aliphatic carbocycles. The fraction of sp³-hybridized carbons (Fsp3) is 0.458. The van der Waals surface area contributed by atoms with Crippen LogP contribution in [0.2, 0.25) is 0 Å². The molecule has 1 aliphatic rings. The second-order valence-electron chi connectivity index (χ2n) is 8.27. The van der Waals surface area contributed by atoms with Crippen LogP contribution >= 0.6 is 11.3 Å². The molecule has 0 saturated carbocycles. The molecule has 6 nitrogen and oxygen atoms in total. The average molecular weight is 439 g/mol. The summed E-state index contributed by atoms with van der Waals surface area (Å²) in [6.07, 6.45) is 3.99. The van der Waals surface area contributed by atoms with E-state index in [-0.39, 0.29) is 11.8 Å². The molecule has 1 aliphatic heterocycles. The number of hydrogen-bond donors (Lipinski definition) is 1. The molecule has 0 radical (unpaired) electrons. The van der Waals surface area contributed by atoms with Gasteiger partial charge in [0.05, 0.1) is 17.3 Å². The number of likely N-dealkylation sites (tertiary alicyclic amines) is 1. The van der Waals surface area contributed by atoms with E-state index in [1.807, 2.05) is 23.6 Å². The van der Waals surface area contributed by atoms with Crippen LogP contribution in [0.4, 0.5) is 0 Å². The number of nitrogens with one attached hydrogen (secondary N) is 1. The minimum atomic E-state index is 0.0164. The Labute approximate surface area is 187 Å². The van der Waals surface area contributed by atoms with Crippen molar-refractivity contribution in [1.82, 2.24) is 20.4 Å². The molecule has 0 spiro atoms. The second-order valence-corrected chi connectivity index (χ2v) is 9.22. The molecule has 7 heteroatoms. The minimum absolute atomic E-state index is 0.0164. The summed E-state index contributed by atoms with van der Waals surface area (Å²) in [6, 6.07) is 14.5. The van der Waals surface area contributed by atoms with Gasteiger partial charge in [-0.3, -0.25) is 9.69 Å². The van der Waals surface area contributed by atoms with Crippen LogP contribution in [0.3, 0.4) is 0 Å². The predicted molar refractivity (Wildman–Crippen MR) is 123 cm³/mol. The molecule has 1 fully saturated rings. The molecule has 2 aromatic heterocycles. The van der Waals surface area contributed by atoms with E-state index in [0.29, 0.717) is 24.2 Å². The molecule has 1 aromatic carbocycles. The summed E-state index contributed by atoms with van der Waals surface area (Å²) in [7, 11) is 0. The highest BCUT2D eigenvalue weighted by Gasteiger charge is 2.27. The molecule has 1 amide bonds. The maximum absolute atomic E-state index is 12.8. The van der Waals surface area contributed by atoms with Crippen LogP contribution in [0.25, 0.3) is 10.7 Å². The Balaban J connectivity index is 1.26. The van der Waals surface area contributed by atoms with Crippen molar-refractivity contribution < 1.29 is 9.32 Å². The molecule has 2 atom stereocenters. The van der Waals surface area contributed by atoms with Crippen LogP contribution in [0.5, 0.6) is 0 Å². The van der Waals surface area contributed by atoms with Crippen molar-refractivity contribution in [1.29, 1.82) is 0 Å². The Morgan fingerprint density at radius 1 is 1.29 bits per heavy atom. The number of amides is 1. The van der Waals surface area contributed by atoms with Gasteiger partial charge in [-0.15, -0.1) is 11.3 Å². The van der Waals surface area contributed by atoms with Crippen LogP contribution in [0.15, 0.2) is 52.4 Å². The van der Waals surface area contributed by atoms with Gasteiger partial charge in [-0.1, -0.05) is 54.9 Å². The van der Waals surface area contributed by atoms with Gasteiger partial charge in [-0.25, -0.2) is 0 Å². The molecule has 1 N–H and O–H groups in total. The van der Waals surface area contributed by atoms with Crippen molar-refractivity contribution in [2.75, 3.05) is 19.6 Å². The summed E-state index contributed by atoms with van der Waals surface area (Å²) in [5, 5.41) is 9.31. The molecule has 164 valence electrons.